The fourth-order valence-electron chi connectivity index (χ4n) is 3.21. The van der Waals surface area contributed by atoms with Crippen molar-refractivity contribution in [2.24, 2.45) is 5.92 Å². The normalized spacial score (nSPS) is 20.2. The van der Waals surface area contributed by atoms with E-state index < -0.39 is 5.60 Å². The van der Waals surface area contributed by atoms with Crippen molar-refractivity contribution < 1.29 is 14.3 Å². The summed E-state index contributed by atoms with van der Waals surface area (Å²) in [5.41, 5.74) is 0.110. The van der Waals surface area contributed by atoms with Crippen LogP contribution in [0.25, 0.3) is 10.8 Å². The molecule has 2 aromatic rings. The lowest BCUT2D eigenvalue weighted by Crippen LogP contribution is -2.41. The highest BCUT2D eigenvalue weighted by molar-refractivity contribution is 5.98. The third kappa shape index (κ3) is 4.15. The van der Waals surface area contributed by atoms with Crippen LogP contribution in [0.1, 0.15) is 38.1 Å². The van der Waals surface area contributed by atoms with Crippen molar-refractivity contribution in [1.29, 1.82) is 0 Å². The number of hydrogen-bond donors (Lipinski definition) is 1. The van der Waals surface area contributed by atoms with Crippen LogP contribution < -0.4 is 5.32 Å². The maximum absolute atomic E-state index is 12.6. The van der Waals surface area contributed by atoms with Gasteiger partial charge >= 0.3 is 6.09 Å². The van der Waals surface area contributed by atoms with E-state index in [0.29, 0.717) is 18.7 Å². The molecule has 0 spiro atoms. The number of hydrogen-bond acceptors (Lipinski definition) is 3. The van der Waals surface area contributed by atoms with E-state index in [4.69, 9.17) is 4.74 Å². The first-order valence-electron chi connectivity index (χ1n) is 9.00. The van der Waals surface area contributed by atoms with Crippen LogP contribution in [0.3, 0.4) is 0 Å². The van der Waals surface area contributed by atoms with E-state index in [1.54, 1.807) is 4.90 Å². The minimum absolute atomic E-state index is 0.0820. The van der Waals surface area contributed by atoms with E-state index in [1.807, 2.05) is 70.2 Å². The average molecular weight is 354 g/mol. The Kier molecular flexibility index (Phi) is 4.90. The van der Waals surface area contributed by atoms with Crippen molar-refractivity contribution in [2.75, 3.05) is 13.1 Å². The summed E-state index contributed by atoms with van der Waals surface area (Å²) < 4.78 is 5.43. The van der Waals surface area contributed by atoms with Crippen molar-refractivity contribution in [1.82, 2.24) is 10.2 Å². The Balaban J connectivity index is 1.66. The predicted octanol–water partition coefficient (Wildman–Crippen LogP) is 3.83. The number of likely N-dealkylation sites (tertiary alicyclic amines) is 1. The number of carbonyl (C=O) groups excluding carboxylic acids is 2. The van der Waals surface area contributed by atoms with Crippen molar-refractivity contribution >= 4 is 22.8 Å². The summed E-state index contributed by atoms with van der Waals surface area (Å²) in [6.45, 7) is 8.64. The van der Waals surface area contributed by atoms with Gasteiger partial charge in [-0.2, -0.15) is 0 Å². The number of amides is 2. The predicted molar refractivity (Wildman–Crippen MR) is 102 cm³/mol. The fraction of sp³-hybridized carbons (Fsp3) is 0.429. The Bertz CT molecular complexity index is 825. The van der Waals surface area contributed by atoms with Gasteiger partial charge in [0.05, 0.1) is 6.04 Å². The van der Waals surface area contributed by atoms with Gasteiger partial charge in [-0.05, 0) is 49.6 Å². The largest absolute Gasteiger partial charge is 0.444 e. The summed E-state index contributed by atoms with van der Waals surface area (Å²) in [7, 11) is 0. The molecule has 2 atom stereocenters. The van der Waals surface area contributed by atoms with Crippen LogP contribution >= 0.6 is 0 Å². The highest BCUT2D eigenvalue weighted by Crippen LogP contribution is 2.21. The van der Waals surface area contributed by atoms with Gasteiger partial charge in [-0.25, -0.2) is 4.79 Å². The number of ether oxygens (including phenoxy) is 1. The van der Waals surface area contributed by atoms with Gasteiger partial charge in [0.2, 0.25) is 0 Å². The minimum Gasteiger partial charge on any atom is -0.444 e. The van der Waals surface area contributed by atoms with Crippen LogP contribution in [0, 0.1) is 5.92 Å². The van der Waals surface area contributed by atoms with Crippen LogP contribution in [0.4, 0.5) is 4.79 Å². The quantitative estimate of drug-likeness (QED) is 0.892. The van der Waals surface area contributed by atoms with Gasteiger partial charge < -0.3 is 15.0 Å². The standard InChI is InChI=1S/C21H26N2O3/c1-14-12-23(20(25)26-21(2,3)4)13-18(14)22-19(24)17-10-9-15-7-5-6-8-16(15)11-17/h5-11,14,18H,12-13H2,1-4H3,(H,22,24). The van der Waals surface area contributed by atoms with E-state index in [2.05, 4.69) is 5.32 Å². The molecule has 1 heterocycles. The van der Waals surface area contributed by atoms with E-state index in [1.165, 1.54) is 0 Å². The second kappa shape index (κ2) is 6.98. The molecule has 0 aliphatic carbocycles. The molecule has 1 aliphatic heterocycles. The van der Waals surface area contributed by atoms with Gasteiger partial charge in [-0.15, -0.1) is 0 Å². The zero-order valence-corrected chi connectivity index (χ0v) is 15.8. The molecule has 138 valence electrons. The molecule has 2 amide bonds. The molecule has 2 aromatic carbocycles. The number of fused-ring (bicyclic) bond motifs is 1. The average Bonchev–Trinajstić information content (AvgIpc) is 2.94. The Morgan fingerprint density at radius 1 is 1.08 bits per heavy atom. The molecular weight excluding hydrogens is 328 g/mol. The summed E-state index contributed by atoms with van der Waals surface area (Å²) in [5, 5.41) is 5.21. The molecule has 5 heteroatoms. The maximum atomic E-state index is 12.6. The van der Waals surface area contributed by atoms with E-state index >= 15 is 0 Å². The van der Waals surface area contributed by atoms with E-state index in [9.17, 15) is 9.59 Å². The van der Waals surface area contributed by atoms with Gasteiger partial charge in [-0.1, -0.05) is 37.3 Å². The SMILES string of the molecule is CC1CN(C(=O)OC(C)(C)C)CC1NC(=O)c1ccc2ccccc2c1. The molecule has 0 saturated carbocycles. The molecule has 0 aromatic heterocycles. The first kappa shape index (κ1) is 18.2. The monoisotopic (exact) mass is 354 g/mol. The second-order valence-corrected chi connectivity index (χ2v) is 8.00. The molecule has 5 nitrogen and oxygen atoms in total. The molecule has 1 aliphatic rings. The Labute approximate surface area is 154 Å². The van der Waals surface area contributed by atoms with Crippen molar-refractivity contribution in [3.63, 3.8) is 0 Å². The van der Waals surface area contributed by atoms with E-state index in [0.717, 1.165) is 10.8 Å². The van der Waals surface area contributed by atoms with Crippen LogP contribution in [0.15, 0.2) is 42.5 Å². The molecule has 1 fully saturated rings. The molecule has 26 heavy (non-hydrogen) atoms. The molecule has 3 rings (SSSR count). The van der Waals surface area contributed by atoms with Crippen LogP contribution in [-0.2, 0) is 4.74 Å². The molecule has 1 N–H and O–H groups in total. The van der Waals surface area contributed by atoms with Crippen LogP contribution in [-0.4, -0.2) is 41.6 Å². The summed E-state index contributed by atoms with van der Waals surface area (Å²) in [6, 6.07) is 13.6. The van der Waals surface area contributed by atoms with Gasteiger partial charge in [0, 0.05) is 18.7 Å². The molecule has 0 radical (unpaired) electrons. The lowest BCUT2D eigenvalue weighted by molar-refractivity contribution is 0.0285. The number of nitrogens with zero attached hydrogens (tertiary/aromatic N) is 1. The van der Waals surface area contributed by atoms with Crippen LogP contribution in [0.2, 0.25) is 0 Å². The minimum atomic E-state index is -0.521. The highest BCUT2D eigenvalue weighted by atomic mass is 16.6. The molecule has 1 saturated heterocycles. The van der Waals surface area contributed by atoms with Gasteiger partial charge in [0.1, 0.15) is 5.60 Å². The second-order valence-electron chi connectivity index (χ2n) is 8.00. The third-order valence-corrected chi connectivity index (χ3v) is 4.59. The molecule has 2 unspecified atom stereocenters. The first-order valence-corrected chi connectivity index (χ1v) is 9.00. The van der Waals surface area contributed by atoms with Gasteiger partial charge in [-0.3, -0.25) is 4.79 Å². The smallest absolute Gasteiger partial charge is 0.410 e. The summed E-state index contributed by atoms with van der Waals surface area (Å²) in [4.78, 5) is 26.6. The van der Waals surface area contributed by atoms with Gasteiger partial charge in [0.15, 0.2) is 0 Å². The Morgan fingerprint density at radius 3 is 2.46 bits per heavy atom. The van der Waals surface area contributed by atoms with Crippen molar-refractivity contribution in [3.05, 3.63) is 48.0 Å². The number of nitrogens with one attached hydrogen (secondary N) is 1. The van der Waals surface area contributed by atoms with Gasteiger partial charge in [0.25, 0.3) is 5.91 Å². The summed E-state index contributed by atoms with van der Waals surface area (Å²) in [6.07, 6.45) is -0.327. The zero-order chi connectivity index (χ0) is 18.9. The lowest BCUT2D eigenvalue weighted by atomic mass is 10.0. The molecule has 0 bridgehead atoms. The zero-order valence-electron chi connectivity index (χ0n) is 15.8. The first-order chi connectivity index (χ1) is 12.2. The summed E-state index contributed by atoms with van der Waals surface area (Å²) >= 11 is 0. The lowest BCUT2D eigenvalue weighted by Gasteiger charge is -2.24. The fourth-order valence-corrected chi connectivity index (χ4v) is 3.21. The number of benzene rings is 2. The summed E-state index contributed by atoms with van der Waals surface area (Å²) in [5.74, 6) is 0.0607. The topological polar surface area (TPSA) is 58.6 Å². The van der Waals surface area contributed by atoms with E-state index in [-0.39, 0.29) is 24.0 Å². The number of carbonyl (C=O) groups is 2. The van der Waals surface area contributed by atoms with Crippen molar-refractivity contribution in [3.8, 4) is 0 Å². The van der Waals surface area contributed by atoms with Crippen LogP contribution in [0.5, 0.6) is 0 Å². The van der Waals surface area contributed by atoms with Crippen molar-refractivity contribution in [2.45, 2.75) is 39.3 Å². The maximum Gasteiger partial charge on any atom is 0.410 e. The number of rotatable bonds is 2. The third-order valence-electron chi connectivity index (χ3n) is 4.59. The Morgan fingerprint density at radius 2 is 1.77 bits per heavy atom. The highest BCUT2D eigenvalue weighted by Gasteiger charge is 2.35. The Hall–Kier alpha value is -2.56. The molecular formula is C21H26N2O3.